The Balaban J connectivity index is 1.65. The quantitative estimate of drug-likeness (QED) is 0.663. The predicted octanol–water partition coefficient (Wildman–Crippen LogP) is 4.22. The number of halogens is 6. The van der Waals surface area contributed by atoms with Crippen LogP contribution < -0.4 is 0 Å². The van der Waals surface area contributed by atoms with E-state index < -0.39 is 40.8 Å². The normalized spacial score (nSPS) is 20.6. The summed E-state index contributed by atoms with van der Waals surface area (Å²) in [6.45, 7) is 2.47. The van der Waals surface area contributed by atoms with Gasteiger partial charge in [0, 0.05) is 19.1 Å². The molecule has 0 saturated carbocycles. The molecule has 0 unspecified atom stereocenters. The molecule has 2 saturated heterocycles. The Hall–Kier alpha value is -2.56. The summed E-state index contributed by atoms with van der Waals surface area (Å²) < 4.78 is 81.0. The van der Waals surface area contributed by atoms with Crippen molar-refractivity contribution in [1.29, 1.82) is 0 Å². The third kappa shape index (κ3) is 4.28. The summed E-state index contributed by atoms with van der Waals surface area (Å²) >= 11 is 0. The second kappa shape index (κ2) is 7.85. The molecule has 0 spiro atoms. The molecule has 31 heavy (non-hydrogen) atoms. The summed E-state index contributed by atoms with van der Waals surface area (Å²) in [5.41, 5.74) is -3.56. The summed E-state index contributed by atoms with van der Waals surface area (Å²) in [7, 11) is 0. The first-order valence-corrected chi connectivity index (χ1v) is 9.92. The highest BCUT2D eigenvalue weighted by molar-refractivity contribution is 5.95. The molecule has 2 aliphatic heterocycles. The number of benzene rings is 1. The molecular weight excluding hydrogens is 426 g/mol. The Morgan fingerprint density at radius 3 is 2.35 bits per heavy atom. The number of hydrogen-bond donors (Lipinski definition) is 0. The molecule has 1 amide bonds. The van der Waals surface area contributed by atoms with Crippen molar-refractivity contribution in [1.82, 2.24) is 19.6 Å². The zero-order valence-corrected chi connectivity index (χ0v) is 16.4. The molecular formula is C20H20F6N4O. The molecule has 1 aromatic heterocycles. The van der Waals surface area contributed by atoms with Crippen LogP contribution in [0, 0.1) is 0 Å². The highest BCUT2D eigenvalue weighted by Gasteiger charge is 2.43. The third-order valence-electron chi connectivity index (χ3n) is 5.79. The molecule has 2 aliphatic rings. The number of carbonyl (C=O) groups excluding carboxylic acids is 1. The molecule has 0 N–H and O–H groups in total. The molecule has 2 fully saturated rings. The first-order chi connectivity index (χ1) is 14.6. The molecule has 5 nitrogen and oxygen atoms in total. The van der Waals surface area contributed by atoms with Crippen LogP contribution in [0.1, 0.15) is 40.9 Å². The minimum atomic E-state index is -4.98. The molecule has 3 heterocycles. The standard InChI is InChI=1S/C20H20F6N4O/c21-19(22,23)13-4-3-5-14(10-13)30-17(20(24,25)26)16(11-27-30)18(31)29-9-6-15(12-29)28-7-1-2-8-28/h3-5,10-11,15H,1-2,6-9,12H2/t15-/m0/s1. The number of aromatic nitrogens is 2. The maximum absolute atomic E-state index is 13.9. The zero-order valence-electron chi connectivity index (χ0n) is 16.4. The van der Waals surface area contributed by atoms with Crippen molar-refractivity contribution >= 4 is 5.91 Å². The minimum absolute atomic E-state index is 0.110. The van der Waals surface area contributed by atoms with E-state index >= 15 is 0 Å². The fourth-order valence-electron chi connectivity index (χ4n) is 4.29. The van der Waals surface area contributed by atoms with E-state index in [1.54, 1.807) is 0 Å². The fraction of sp³-hybridized carbons (Fsp3) is 0.500. The van der Waals surface area contributed by atoms with E-state index in [1.807, 2.05) is 0 Å². The van der Waals surface area contributed by atoms with Gasteiger partial charge in [-0.3, -0.25) is 9.69 Å². The van der Waals surface area contributed by atoms with E-state index in [-0.39, 0.29) is 6.04 Å². The lowest BCUT2D eigenvalue weighted by Gasteiger charge is -2.23. The van der Waals surface area contributed by atoms with Gasteiger partial charge in [-0.2, -0.15) is 31.4 Å². The van der Waals surface area contributed by atoms with Crippen molar-refractivity contribution in [2.45, 2.75) is 37.7 Å². The molecule has 1 atom stereocenters. The summed E-state index contributed by atoms with van der Waals surface area (Å²) in [6, 6.07) is 3.54. The fourth-order valence-corrected chi connectivity index (χ4v) is 4.29. The van der Waals surface area contributed by atoms with E-state index in [2.05, 4.69) is 10.00 Å². The maximum Gasteiger partial charge on any atom is 0.434 e. The predicted molar refractivity (Wildman–Crippen MR) is 98.7 cm³/mol. The van der Waals surface area contributed by atoms with Crippen molar-refractivity contribution in [3.63, 3.8) is 0 Å². The van der Waals surface area contributed by atoms with Gasteiger partial charge in [0.25, 0.3) is 5.91 Å². The van der Waals surface area contributed by atoms with Gasteiger partial charge >= 0.3 is 12.4 Å². The van der Waals surface area contributed by atoms with Gasteiger partial charge in [-0.25, -0.2) is 4.68 Å². The first-order valence-electron chi connectivity index (χ1n) is 9.92. The van der Waals surface area contributed by atoms with Crippen LogP contribution >= 0.6 is 0 Å². The minimum Gasteiger partial charge on any atom is -0.337 e. The van der Waals surface area contributed by atoms with Crippen LogP contribution in [0.4, 0.5) is 26.3 Å². The van der Waals surface area contributed by atoms with Gasteiger partial charge in [-0.1, -0.05) is 6.07 Å². The Bertz CT molecular complexity index is 961. The molecule has 11 heteroatoms. The van der Waals surface area contributed by atoms with Crippen molar-refractivity contribution in [2.24, 2.45) is 0 Å². The van der Waals surface area contributed by atoms with E-state index in [0.717, 1.165) is 50.3 Å². The van der Waals surface area contributed by atoms with Crippen molar-refractivity contribution in [2.75, 3.05) is 26.2 Å². The molecule has 0 aliphatic carbocycles. The number of alkyl halides is 6. The van der Waals surface area contributed by atoms with Crippen LogP contribution in [0.3, 0.4) is 0 Å². The Morgan fingerprint density at radius 2 is 1.71 bits per heavy atom. The zero-order chi connectivity index (χ0) is 22.4. The lowest BCUT2D eigenvalue weighted by Crippen LogP contribution is -2.37. The van der Waals surface area contributed by atoms with Gasteiger partial charge in [0.05, 0.1) is 23.0 Å². The number of nitrogens with zero attached hydrogens (tertiary/aromatic N) is 4. The van der Waals surface area contributed by atoms with Gasteiger partial charge in [-0.05, 0) is 50.6 Å². The van der Waals surface area contributed by atoms with Crippen LogP contribution in [0.5, 0.6) is 0 Å². The topological polar surface area (TPSA) is 41.4 Å². The van der Waals surface area contributed by atoms with E-state index in [1.165, 1.54) is 4.90 Å². The first kappa shape index (κ1) is 21.7. The largest absolute Gasteiger partial charge is 0.434 e. The number of carbonyl (C=O) groups is 1. The summed E-state index contributed by atoms with van der Waals surface area (Å²) in [6.07, 6.45) is -6.12. The van der Waals surface area contributed by atoms with Crippen LogP contribution in [0.2, 0.25) is 0 Å². The van der Waals surface area contributed by atoms with Crippen LogP contribution in [-0.4, -0.2) is 57.7 Å². The van der Waals surface area contributed by atoms with Gasteiger partial charge in [0.2, 0.25) is 0 Å². The van der Waals surface area contributed by atoms with E-state index in [9.17, 15) is 31.1 Å². The number of rotatable bonds is 3. The Labute approximate surface area is 174 Å². The SMILES string of the molecule is O=C(c1cnn(-c2cccc(C(F)(F)F)c2)c1C(F)(F)F)N1CC[C@H](N2CCCC2)C1. The van der Waals surface area contributed by atoms with Gasteiger partial charge < -0.3 is 4.90 Å². The van der Waals surface area contributed by atoms with Gasteiger partial charge in [0.15, 0.2) is 5.69 Å². The molecule has 2 aromatic rings. The number of amides is 1. The monoisotopic (exact) mass is 446 g/mol. The van der Waals surface area contributed by atoms with E-state index in [0.29, 0.717) is 30.3 Å². The average Bonchev–Trinajstić information content (AvgIpc) is 3.46. The van der Waals surface area contributed by atoms with Crippen molar-refractivity contribution in [3.8, 4) is 5.69 Å². The summed E-state index contributed by atoms with van der Waals surface area (Å²) in [4.78, 5) is 16.5. The van der Waals surface area contributed by atoms with Crippen LogP contribution in [-0.2, 0) is 12.4 Å². The molecule has 1 aromatic carbocycles. The molecule has 0 radical (unpaired) electrons. The Morgan fingerprint density at radius 1 is 1.00 bits per heavy atom. The second-order valence-corrected chi connectivity index (χ2v) is 7.80. The van der Waals surface area contributed by atoms with Gasteiger partial charge in [-0.15, -0.1) is 0 Å². The third-order valence-corrected chi connectivity index (χ3v) is 5.79. The van der Waals surface area contributed by atoms with Crippen molar-refractivity contribution in [3.05, 3.63) is 47.3 Å². The number of hydrogen-bond acceptors (Lipinski definition) is 3. The van der Waals surface area contributed by atoms with Crippen LogP contribution in [0.15, 0.2) is 30.5 Å². The second-order valence-electron chi connectivity index (χ2n) is 7.80. The lowest BCUT2D eigenvalue weighted by atomic mass is 10.1. The highest BCUT2D eigenvalue weighted by atomic mass is 19.4. The highest BCUT2D eigenvalue weighted by Crippen LogP contribution is 2.36. The van der Waals surface area contributed by atoms with Crippen LogP contribution in [0.25, 0.3) is 5.69 Å². The number of likely N-dealkylation sites (tertiary alicyclic amines) is 2. The maximum atomic E-state index is 13.9. The summed E-state index contributed by atoms with van der Waals surface area (Å²) in [5.74, 6) is -0.813. The summed E-state index contributed by atoms with van der Waals surface area (Å²) in [5, 5.41) is 3.64. The smallest absolute Gasteiger partial charge is 0.337 e. The molecule has 4 rings (SSSR count). The Kier molecular flexibility index (Phi) is 5.48. The average molecular weight is 446 g/mol. The van der Waals surface area contributed by atoms with Crippen molar-refractivity contribution < 1.29 is 31.1 Å². The molecule has 0 bridgehead atoms. The van der Waals surface area contributed by atoms with E-state index in [4.69, 9.17) is 0 Å². The molecule has 168 valence electrons. The lowest BCUT2D eigenvalue weighted by molar-refractivity contribution is -0.143. The van der Waals surface area contributed by atoms with Gasteiger partial charge in [0.1, 0.15) is 0 Å².